The molecule has 1 fully saturated rings. The highest BCUT2D eigenvalue weighted by Gasteiger charge is 2.23. The highest BCUT2D eigenvalue weighted by Crippen LogP contribution is 2.15. The van der Waals surface area contributed by atoms with Gasteiger partial charge in [0.15, 0.2) is 0 Å². The minimum Gasteiger partial charge on any atom is -0.336 e. The second-order valence-electron chi connectivity index (χ2n) is 6.56. The molecule has 1 N–H and O–H groups in total. The average molecular weight is 337 g/mol. The second-order valence-corrected chi connectivity index (χ2v) is 6.56. The van der Waals surface area contributed by atoms with E-state index in [0.29, 0.717) is 0 Å². The average Bonchev–Trinajstić information content (AvgIpc) is 2.67. The van der Waals surface area contributed by atoms with Crippen LogP contribution in [0.4, 0.5) is 0 Å². The monoisotopic (exact) mass is 337 g/mol. The first-order valence-corrected chi connectivity index (χ1v) is 9.06. The van der Waals surface area contributed by atoms with Gasteiger partial charge in [-0.15, -0.1) is 0 Å². The predicted molar refractivity (Wildman–Crippen MR) is 102 cm³/mol. The van der Waals surface area contributed by atoms with Crippen molar-refractivity contribution in [3.05, 3.63) is 71.3 Å². The standard InChI is InChI=1S/C21H27N3O/c1-22-12-11-19-9-5-6-10-20(19)21(25)24-15-13-23(14-16-24)17-18-7-3-2-4-8-18/h2-10,22H,11-17H2,1H3. The van der Waals surface area contributed by atoms with Crippen molar-refractivity contribution in [3.8, 4) is 0 Å². The van der Waals surface area contributed by atoms with Gasteiger partial charge in [-0.2, -0.15) is 0 Å². The fourth-order valence-electron chi connectivity index (χ4n) is 3.33. The molecule has 1 aliphatic heterocycles. The summed E-state index contributed by atoms with van der Waals surface area (Å²) in [4.78, 5) is 17.4. The van der Waals surface area contributed by atoms with Gasteiger partial charge in [-0.3, -0.25) is 9.69 Å². The third kappa shape index (κ3) is 4.68. The Labute approximate surface area is 150 Å². The number of hydrogen-bond acceptors (Lipinski definition) is 3. The summed E-state index contributed by atoms with van der Waals surface area (Å²) in [5, 5.41) is 3.16. The lowest BCUT2D eigenvalue weighted by Gasteiger charge is -2.35. The first kappa shape index (κ1) is 17.6. The quantitative estimate of drug-likeness (QED) is 0.879. The van der Waals surface area contributed by atoms with Crippen molar-refractivity contribution in [3.63, 3.8) is 0 Å². The van der Waals surface area contributed by atoms with E-state index < -0.39 is 0 Å². The highest BCUT2D eigenvalue weighted by molar-refractivity contribution is 5.95. The molecule has 0 unspecified atom stereocenters. The summed E-state index contributed by atoms with van der Waals surface area (Å²) < 4.78 is 0. The summed E-state index contributed by atoms with van der Waals surface area (Å²) in [6, 6.07) is 18.5. The van der Waals surface area contributed by atoms with Crippen LogP contribution in [0.3, 0.4) is 0 Å². The Morgan fingerprint density at radius 3 is 2.36 bits per heavy atom. The van der Waals surface area contributed by atoms with Crippen LogP contribution in [0.5, 0.6) is 0 Å². The molecule has 25 heavy (non-hydrogen) atoms. The van der Waals surface area contributed by atoms with Crippen LogP contribution < -0.4 is 5.32 Å². The number of piperazine rings is 1. The summed E-state index contributed by atoms with van der Waals surface area (Å²) in [6.07, 6.45) is 0.881. The second kappa shape index (κ2) is 8.79. The molecule has 4 heteroatoms. The highest BCUT2D eigenvalue weighted by atomic mass is 16.2. The van der Waals surface area contributed by atoms with Crippen molar-refractivity contribution in [2.45, 2.75) is 13.0 Å². The van der Waals surface area contributed by atoms with Crippen LogP contribution in [0.15, 0.2) is 54.6 Å². The van der Waals surface area contributed by atoms with Crippen molar-refractivity contribution >= 4 is 5.91 Å². The zero-order chi connectivity index (χ0) is 17.5. The number of carbonyl (C=O) groups is 1. The molecule has 132 valence electrons. The van der Waals surface area contributed by atoms with Crippen LogP contribution in [0.25, 0.3) is 0 Å². The number of amides is 1. The van der Waals surface area contributed by atoms with Gasteiger partial charge in [0.2, 0.25) is 0 Å². The smallest absolute Gasteiger partial charge is 0.254 e. The van der Waals surface area contributed by atoms with Crippen LogP contribution in [-0.4, -0.2) is 55.5 Å². The molecule has 0 saturated carbocycles. The van der Waals surface area contributed by atoms with E-state index in [4.69, 9.17) is 0 Å². The van der Waals surface area contributed by atoms with E-state index in [2.05, 4.69) is 40.5 Å². The maximum Gasteiger partial charge on any atom is 0.254 e. The normalized spacial score (nSPS) is 15.3. The Kier molecular flexibility index (Phi) is 6.20. The van der Waals surface area contributed by atoms with Crippen molar-refractivity contribution in [2.75, 3.05) is 39.8 Å². The van der Waals surface area contributed by atoms with Gasteiger partial charge in [-0.25, -0.2) is 0 Å². The summed E-state index contributed by atoms with van der Waals surface area (Å²) in [5.74, 6) is 0.172. The Morgan fingerprint density at radius 1 is 0.960 bits per heavy atom. The fourth-order valence-corrected chi connectivity index (χ4v) is 3.33. The van der Waals surface area contributed by atoms with Crippen LogP contribution in [0.2, 0.25) is 0 Å². The first-order chi connectivity index (χ1) is 12.3. The van der Waals surface area contributed by atoms with Crippen molar-refractivity contribution in [2.24, 2.45) is 0 Å². The topological polar surface area (TPSA) is 35.6 Å². The summed E-state index contributed by atoms with van der Waals surface area (Å²) in [5.41, 5.74) is 3.32. The molecule has 2 aromatic carbocycles. The molecular weight excluding hydrogens is 310 g/mol. The number of nitrogens with zero attached hydrogens (tertiary/aromatic N) is 2. The Bertz CT molecular complexity index is 679. The van der Waals surface area contributed by atoms with Gasteiger partial charge in [0.25, 0.3) is 5.91 Å². The lowest BCUT2D eigenvalue weighted by Crippen LogP contribution is -2.48. The minimum atomic E-state index is 0.172. The minimum absolute atomic E-state index is 0.172. The molecule has 1 aliphatic rings. The van der Waals surface area contributed by atoms with E-state index in [1.807, 2.05) is 36.2 Å². The molecule has 4 nitrogen and oxygen atoms in total. The molecular formula is C21H27N3O. The first-order valence-electron chi connectivity index (χ1n) is 9.06. The third-order valence-corrected chi connectivity index (χ3v) is 4.80. The summed E-state index contributed by atoms with van der Waals surface area (Å²) in [6.45, 7) is 5.30. The zero-order valence-corrected chi connectivity index (χ0v) is 14.9. The maximum absolute atomic E-state index is 12.9. The lowest BCUT2D eigenvalue weighted by molar-refractivity contribution is 0.0627. The van der Waals surface area contributed by atoms with E-state index in [9.17, 15) is 4.79 Å². The van der Waals surface area contributed by atoms with E-state index in [0.717, 1.165) is 56.8 Å². The number of likely N-dealkylation sites (N-methyl/N-ethyl adjacent to an activating group) is 1. The molecule has 1 amide bonds. The van der Waals surface area contributed by atoms with Gasteiger partial charge in [0.1, 0.15) is 0 Å². The Balaban J connectivity index is 1.58. The molecule has 1 heterocycles. The largest absolute Gasteiger partial charge is 0.336 e. The maximum atomic E-state index is 12.9. The molecule has 0 radical (unpaired) electrons. The molecule has 3 rings (SSSR count). The van der Waals surface area contributed by atoms with Crippen LogP contribution in [0, 0.1) is 0 Å². The predicted octanol–water partition coefficient (Wildman–Crippen LogP) is 2.41. The molecule has 0 aliphatic carbocycles. The molecule has 0 atom stereocenters. The van der Waals surface area contributed by atoms with E-state index >= 15 is 0 Å². The molecule has 0 bridgehead atoms. The number of rotatable bonds is 6. The number of carbonyl (C=O) groups excluding carboxylic acids is 1. The summed E-state index contributed by atoms with van der Waals surface area (Å²) in [7, 11) is 1.94. The van der Waals surface area contributed by atoms with Gasteiger partial charge in [-0.1, -0.05) is 48.5 Å². The van der Waals surface area contributed by atoms with Crippen molar-refractivity contribution in [1.29, 1.82) is 0 Å². The molecule has 2 aromatic rings. The number of benzene rings is 2. The van der Waals surface area contributed by atoms with Crippen LogP contribution in [-0.2, 0) is 13.0 Å². The third-order valence-electron chi connectivity index (χ3n) is 4.80. The Hall–Kier alpha value is -2.17. The van der Waals surface area contributed by atoms with E-state index in [1.165, 1.54) is 5.56 Å². The van der Waals surface area contributed by atoms with E-state index in [1.54, 1.807) is 0 Å². The van der Waals surface area contributed by atoms with E-state index in [-0.39, 0.29) is 5.91 Å². The van der Waals surface area contributed by atoms with Gasteiger partial charge in [0, 0.05) is 38.3 Å². The number of nitrogens with one attached hydrogen (secondary N) is 1. The molecule has 0 aromatic heterocycles. The fraction of sp³-hybridized carbons (Fsp3) is 0.381. The number of hydrogen-bond donors (Lipinski definition) is 1. The summed E-state index contributed by atoms with van der Waals surface area (Å²) >= 11 is 0. The van der Waals surface area contributed by atoms with Gasteiger partial charge < -0.3 is 10.2 Å². The van der Waals surface area contributed by atoms with Crippen molar-refractivity contribution < 1.29 is 4.79 Å². The molecule has 0 spiro atoms. The SMILES string of the molecule is CNCCc1ccccc1C(=O)N1CCN(Cc2ccccc2)CC1. The zero-order valence-electron chi connectivity index (χ0n) is 14.9. The van der Waals surface area contributed by atoms with Gasteiger partial charge >= 0.3 is 0 Å². The van der Waals surface area contributed by atoms with Crippen LogP contribution >= 0.6 is 0 Å². The van der Waals surface area contributed by atoms with Crippen LogP contribution in [0.1, 0.15) is 21.5 Å². The van der Waals surface area contributed by atoms with Gasteiger partial charge in [-0.05, 0) is 37.2 Å². The van der Waals surface area contributed by atoms with Crippen molar-refractivity contribution in [1.82, 2.24) is 15.1 Å². The lowest BCUT2D eigenvalue weighted by atomic mass is 10.0. The Morgan fingerprint density at radius 2 is 1.64 bits per heavy atom. The molecule has 1 saturated heterocycles. The van der Waals surface area contributed by atoms with Gasteiger partial charge in [0.05, 0.1) is 0 Å².